The van der Waals surface area contributed by atoms with Crippen LogP contribution in [-0.2, 0) is 28.6 Å². The maximum atomic E-state index is 13.2. The lowest BCUT2D eigenvalue weighted by Gasteiger charge is -2.26. The quantitative estimate of drug-likeness (QED) is 0.491. The molecule has 0 spiro atoms. The summed E-state index contributed by atoms with van der Waals surface area (Å²) in [5, 5.41) is 6.15. The van der Waals surface area contributed by atoms with E-state index in [1.165, 1.54) is 30.4 Å². The van der Waals surface area contributed by atoms with E-state index in [9.17, 15) is 13.2 Å². The monoisotopic (exact) mass is 497 g/mol. The average Bonchev–Trinajstić information content (AvgIpc) is 2.86. The number of urea groups is 1. The molecule has 1 aliphatic rings. The molecule has 0 radical (unpaired) electrons. The van der Waals surface area contributed by atoms with Gasteiger partial charge in [0.15, 0.2) is 9.84 Å². The Morgan fingerprint density at radius 2 is 2.03 bits per heavy atom. The van der Waals surface area contributed by atoms with Crippen LogP contribution in [-0.4, -0.2) is 46.1 Å². The Hall–Kier alpha value is -3.10. The smallest absolute Gasteiger partial charge is 0.322 e. The molecule has 0 aromatic heterocycles. The van der Waals surface area contributed by atoms with Gasteiger partial charge in [-0.3, -0.25) is 0 Å². The van der Waals surface area contributed by atoms with Crippen LogP contribution in [0, 0.1) is 0 Å². The minimum absolute atomic E-state index is 0.100. The van der Waals surface area contributed by atoms with E-state index >= 15 is 0 Å². The van der Waals surface area contributed by atoms with Crippen LogP contribution in [0.2, 0.25) is 0 Å². The molecule has 1 unspecified atom stereocenters. The van der Waals surface area contributed by atoms with E-state index in [-0.39, 0.29) is 28.5 Å². The van der Waals surface area contributed by atoms with Crippen molar-refractivity contribution in [2.24, 2.45) is 0 Å². The van der Waals surface area contributed by atoms with Crippen LogP contribution in [0.25, 0.3) is 0 Å². The molecule has 0 saturated heterocycles. The van der Waals surface area contributed by atoms with Crippen LogP contribution in [0.1, 0.15) is 37.0 Å². The molecule has 188 valence electrons. The molecular weight excluding hydrogens is 462 g/mol. The third kappa shape index (κ3) is 6.32. The lowest BCUT2D eigenvalue weighted by atomic mass is 9.99. The molecular formula is C27H35N3O4S. The Morgan fingerprint density at radius 1 is 1.26 bits per heavy atom. The summed E-state index contributed by atoms with van der Waals surface area (Å²) < 4.78 is 31.7. The summed E-state index contributed by atoms with van der Waals surface area (Å²) in [4.78, 5) is 14.6. The van der Waals surface area contributed by atoms with Crippen molar-refractivity contribution in [1.29, 1.82) is 0 Å². The predicted molar refractivity (Wildman–Crippen MR) is 141 cm³/mol. The minimum Gasteiger partial charge on any atom is -0.495 e. The van der Waals surface area contributed by atoms with E-state index in [0.29, 0.717) is 5.69 Å². The Bertz CT molecular complexity index is 1220. The first-order valence-corrected chi connectivity index (χ1v) is 13.4. The van der Waals surface area contributed by atoms with E-state index in [0.717, 1.165) is 37.1 Å². The largest absolute Gasteiger partial charge is 0.495 e. The highest BCUT2D eigenvalue weighted by molar-refractivity contribution is 7.90. The van der Waals surface area contributed by atoms with Crippen molar-refractivity contribution in [1.82, 2.24) is 10.2 Å². The van der Waals surface area contributed by atoms with Crippen LogP contribution in [0.4, 0.5) is 10.5 Å². The third-order valence-electron chi connectivity index (χ3n) is 6.35. The number of methoxy groups -OCH3 is 1. The highest BCUT2D eigenvalue weighted by Gasteiger charge is 2.22. The van der Waals surface area contributed by atoms with Crippen molar-refractivity contribution in [2.45, 2.75) is 49.9 Å². The molecule has 1 atom stereocenters. The number of hydrogen-bond acceptors (Lipinski definition) is 5. The number of benzene rings is 2. The lowest BCUT2D eigenvalue weighted by Crippen LogP contribution is -2.39. The Labute approximate surface area is 208 Å². The number of hydrogen-bond donors (Lipinski definition) is 2. The summed E-state index contributed by atoms with van der Waals surface area (Å²) in [5.41, 5.74) is 4.52. The molecule has 2 aromatic rings. The molecule has 1 heterocycles. The Kier molecular flexibility index (Phi) is 8.75. The molecule has 0 bridgehead atoms. The number of sulfone groups is 1. The Balaban J connectivity index is 1.77. The van der Waals surface area contributed by atoms with Crippen molar-refractivity contribution in [3.8, 4) is 5.75 Å². The second-order valence-corrected chi connectivity index (χ2v) is 10.7. The van der Waals surface area contributed by atoms with Gasteiger partial charge in [0.05, 0.1) is 29.5 Å². The molecule has 0 fully saturated rings. The fraction of sp³-hybridized carbons (Fsp3) is 0.370. The van der Waals surface area contributed by atoms with Gasteiger partial charge in [-0.15, -0.1) is 0 Å². The summed E-state index contributed by atoms with van der Waals surface area (Å²) in [6.07, 6.45) is 5.51. The fourth-order valence-corrected chi connectivity index (χ4v) is 5.50. The van der Waals surface area contributed by atoms with Crippen molar-refractivity contribution in [3.05, 3.63) is 77.4 Å². The van der Waals surface area contributed by atoms with Gasteiger partial charge in [0.2, 0.25) is 0 Å². The highest BCUT2D eigenvalue weighted by atomic mass is 32.2. The zero-order chi connectivity index (χ0) is 25.6. The SMILES string of the molecule is C=C/C(=C\CC)C(C)N(C)C(=O)Nc1ccc(S(=O)(=O)Cc2ccc3c(c2)CCNC3)cc1OC. The normalized spacial score (nSPS) is 14.6. The highest BCUT2D eigenvalue weighted by Crippen LogP contribution is 2.30. The summed E-state index contributed by atoms with van der Waals surface area (Å²) in [6, 6.07) is 9.88. The van der Waals surface area contributed by atoms with Gasteiger partial charge in [0.1, 0.15) is 5.75 Å². The number of amides is 2. The van der Waals surface area contributed by atoms with Crippen LogP contribution < -0.4 is 15.4 Å². The van der Waals surface area contributed by atoms with E-state index in [1.54, 1.807) is 24.1 Å². The molecule has 35 heavy (non-hydrogen) atoms. The molecule has 3 rings (SSSR count). The number of fused-ring (bicyclic) bond motifs is 1. The molecule has 2 amide bonds. The van der Waals surface area contributed by atoms with Crippen LogP contribution in [0.5, 0.6) is 5.75 Å². The Morgan fingerprint density at radius 3 is 2.71 bits per heavy atom. The number of anilines is 1. The summed E-state index contributed by atoms with van der Waals surface area (Å²) in [5.74, 6) is 0.182. The average molecular weight is 498 g/mol. The number of nitrogens with zero attached hydrogens (tertiary/aromatic N) is 1. The standard InChI is InChI=1S/C27H35N3O4S/c1-6-8-21(7-2)19(3)30(4)27(31)29-25-12-11-24(16-26(25)34-5)35(32,33)18-20-9-10-23-17-28-14-13-22(23)15-20/h7-12,15-16,19,28H,2,6,13-14,17-18H2,1,3-5H3,(H,29,31)/b21-8+. The van der Waals surface area contributed by atoms with Gasteiger partial charge in [0.25, 0.3) is 0 Å². The van der Waals surface area contributed by atoms with Gasteiger partial charge in [-0.1, -0.05) is 43.9 Å². The van der Waals surface area contributed by atoms with Crippen LogP contribution in [0.3, 0.4) is 0 Å². The van der Waals surface area contributed by atoms with Crippen molar-refractivity contribution >= 4 is 21.6 Å². The summed E-state index contributed by atoms with van der Waals surface area (Å²) in [6.45, 7) is 9.49. The molecule has 0 saturated carbocycles. The van der Waals surface area contributed by atoms with Gasteiger partial charge < -0.3 is 20.3 Å². The van der Waals surface area contributed by atoms with Gasteiger partial charge in [-0.05, 0) is 60.7 Å². The maximum Gasteiger partial charge on any atom is 0.322 e. The first kappa shape index (κ1) is 26.5. The summed E-state index contributed by atoms with van der Waals surface area (Å²) in [7, 11) is -0.455. The molecule has 0 aliphatic carbocycles. The van der Waals surface area contributed by atoms with E-state index in [1.807, 2.05) is 38.1 Å². The lowest BCUT2D eigenvalue weighted by molar-refractivity contribution is 0.214. The molecule has 2 N–H and O–H groups in total. The number of rotatable bonds is 9. The molecule has 1 aliphatic heterocycles. The van der Waals surface area contributed by atoms with E-state index in [2.05, 4.69) is 17.2 Å². The van der Waals surface area contributed by atoms with Crippen molar-refractivity contribution in [3.63, 3.8) is 0 Å². The summed E-state index contributed by atoms with van der Waals surface area (Å²) >= 11 is 0. The third-order valence-corrected chi connectivity index (χ3v) is 8.03. The second-order valence-electron chi connectivity index (χ2n) is 8.68. The van der Waals surface area contributed by atoms with Crippen LogP contribution >= 0.6 is 0 Å². The maximum absolute atomic E-state index is 13.2. The van der Waals surface area contributed by atoms with Gasteiger partial charge in [0, 0.05) is 19.7 Å². The van der Waals surface area contributed by atoms with E-state index < -0.39 is 9.84 Å². The van der Waals surface area contributed by atoms with Crippen molar-refractivity contribution in [2.75, 3.05) is 26.0 Å². The zero-order valence-electron chi connectivity index (χ0n) is 20.9. The van der Waals surface area contributed by atoms with Gasteiger partial charge >= 0.3 is 6.03 Å². The molecule has 7 nitrogen and oxygen atoms in total. The molecule has 2 aromatic carbocycles. The number of carbonyl (C=O) groups excluding carboxylic acids is 1. The fourth-order valence-electron chi connectivity index (χ4n) is 4.15. The first-order valence-electron chi connectivity index (χ1n) is 11.8. The number of likely N-dealkylation sites (N-methyl/N-ethyl adjacent to an activating group) is 1. The number of carbonyl (C=O) groups is 1. The topological polar surface area (TPSA) is 87.7 Å². The van der Waals surface area contributed by atoms with Crippen LogP contribution in [0.15, 0.2) is 65.6 Å². The van der Waals surface area contributed by atoms with Gasteiger partial charge in [-0.2, -0.15) is 0 Å². The first-order chi connectivity index (χ1) is 16.7. The number of nitrogens with one attached hydrogen (secondary N) is 2. The number of allylic oxidation sites excluding steroid dienone is 1. The zero-order valence-corrected chi connectivity index (χ0v) is 21.7. The minimum atomic E-state index is -3.61. The number of ether oxygens (including phenoxy) is 1. The van der Waals surface area contributed by atoms with Crippen molar-refractivity contribution < 1.29 is 17.9 Å². The van der Waals surface area contributed by atoms with Gasteiger partial charge in [-0.25, -0.2) is 13.2 Å². The molecule has 8 heteroatoms. The predicted octanol–water partition coefficient (Wildman–Crippen LogP) is 4.69. The second kappa shape index (κ2) is 11.6. The van der Waals surface area contributed by atoms with E-state index in [4.69, 9.17) is 4.74 Å².